The summed E-state index contributed by atoms with van der Waals surface area (Å²) < 4.78 is 5.14. The SMILES string of the molecule is C=CC1=C(C=C)C(C(=O)O)c2cc(OC)ccc21. The molecule has 1 aromatic carbocycles. The van der Waals surface area contributed by atoms with E-state index in [2.05, 4.69) is 13.2 Å². The molecule has 1 unspecified atom stereocenters. The Morgan fingerprint density at radius 3 is 2.61 bits per heavy atom. The molecule has 0 aliphatic heterocycles. The van der Waals surface area contributed by atoms with Crippen LogP contribution >= 0.6 is 0 Å². The van der Waals surface area contributed by atoms with Crippen LogP contribution in [0, 0.1) is 0 Å². The molecule has 3 heteroatoms. The summed E-state index contributed by atoms with van der Waals surface area (Å²) in [5, 5.41) is 9.38. The van der Waals surface area contributed by atoms with Crippen LogP contribution in [-0.2, 0) is 4.79 Å². The Bertz CT molecular complexity index is 567. The minimum absolute atomic E-state index is 0.647. The van der Waals surface area contributed by atoms with Crippen molar-refractivity contribution in [1.82, 2.24) is 0 Å². The Balaban J connectivity index is 2.69. The molecular formula is C15H14O3. The Morgan fingerprint density at radius 1 is 1.39 bits per heavy atom. The first-order valence-electron chi connectivity index (χ1n) is 5.54. The van der Waals surface area contributed by atoms with Gasteiger partial charge < -0.3 is 9.84 Å². The molecule has 0 bridgehead atoms. The molecule has 92 valence electrons. The summed E-state index contributed by atoms with van der Waals surface area (Å²) in [5.41, 5.74) is 3.12. The number of rotatable bonds is 4. The lowest BCUT2D eigenvalue weighted by Gasteiger charge is -2.10. The smallest absolute Gasteiger partial charge is 0.315 e. The molecule has 0 amide bonds. The van der Waals surface area contributed by atoms with E-state index in [1.165, 1.54) is 0 Å². The summed E-state index contributed by atoms with van der Waals surface area (Å²) in [7, 11) is 1.56. The minimum Gasteiger partial charge on any atom is -0.497 e. The lowest BCUT2D eigenvalue weighted by molar-refractivity contribution is -0.137. The van der Waals surface area contributed by atoms with Gasteiger partial charge in [0.25, 0.3) is 0 Å². The molecule has 1 aromatic rings. The van der Waals surface area contributed by atoms with E-state index in [1.807, 2.05) is 12.1 Å². The molecule has 0 spiro atoms. The number of benzene rings is 1. The van der Waals surface area contributed by atoms with Crippen molar-refractivity contribution in [2.24, 2.45) is 0 Å². The fourth-order valence-electron chi connectivity index (χ4n) is 2.35. The van der Waals surface area contributed by atoms with E-state index in [1.54, 1.807) is 25.3 Å². The molecule has 0 saturated carbocycles. The highest BCUT2D eigenvalue weighted by Crippen LogP contribution is 2.44. The largest absolute Gasteiger partial charge is 0.497 e. The molecular weight excluding hydrogens is 228 g/mol. The van der Waals surface area contributed by atoms with Crippen LogP contribution in [0.5, 0.6) is 5.75 Å². The van der Waals surface area contributed by atoms with Gasteiger partial charge in [0.15, 0.2) is 0 Å². The number of hydrogen-bond acceptors (Lipinski definition) is 2. The van der Waals surface area contributed by atoms with Gasteiger partial charge in [0.05, 0.1) is 7.11 Å². The lowest BCUT2D eigenvalue weighted by atomic mass is 9.96. The van der Waals surface area contributed by atoms with Crippen molar-refractivity contribution in [3.63, 3.8) is 0 Å². The summed E-state index contributed by atoms with van der Waals surface area (Å²) in [6.07, 6.45) is 3.26. The third kappa shape index (κ3) is 1.64. The van der Waals surface area contributed by atoms with Crippen molar-refractivity contribution in [2.45, 2.75) is 5.92 Å². The maximum atomic E-state index is 11.4. The molecule has 1 N–H and O–H groups in total. The average Bonchev–Trinajstić information content (AvgIpc) is 2.70. The zero-order chi connectivity index (χ0) is 13.3. The number of hydrogen-bond donors (Lipinski definition) is 1. The number of methoxy groups -OCH3 is 1. The summed E-state index contributed by atoms with van der Waals surface area (Å²) >= 11 is 0. The molecule has 2 rings (SSSR count). The Morgan fingerprint density at radius 2 is 2.11 bits per heavy atom. The van der Waals surface area contributed by atoms with Crippen LogP contribution in [0.4, 0.5) is 0 Å². The van der Waals surface area contributed by atoms with Gasteiger partial charge >= 0.3 is 5.97 Å². The molecule has 0 radical (unpaired) electrons. The minimum atomic E-state index is -0.892. The summed E-state index contributed by atoms with van der Waals surface area (Å²) in [5.74, 6) is -0.939. The van der Waals surface area contributed by atoms with Gasteiger partial charge in [0.1, 0.15) is 11.7 Å². The van der Waals surface area contributed by atoms with Gasteiger partial charge in [-0.15, -0.1) is 0 Å². The van der Waals surface area contributed by atoms with E-state index >= 15 is 0 Å². The Labute approximate surface area is 106 Å². The average molecular weight is 242 g/mol. The number of aliphatic carboxylic acids is 1. The van der Waals surface area contributed by atoms with E-state index in [0.717, 1.165) is 16.7 Å². The zero-order valence-corrected chi connectivity index (χ0v) is 10.1. The monoisotopic (exact) mass is 242 g/mol. The highest BCUT2D eigenvalue weighted by Gasteiger charge is 2.33. The van der Waals surface area contributed by atoms with E-state index in [9.17, 15) is 9.90 Å². The van der Waals surface area contributed by atoms with Crippen molar-refractivity contribution in [1.29, 1.82) is 0 Å². The maximum absolute atomic E-state index is 11.4. The van der Waals surface area contributed by atoms with Crippen molar-refractivity contribution in [3.05, 3.63) is 60.2 Å². The first-order valence-corrected chi connectivity index (χ1v) is 5.54. The highest BCUT2D eigenvalue weighted by atomic mass is 16.5. The quantitative estimate of drug-likeness (QED) is 0.882. The van der Waals surface area contributed by atoms with Gasteiger partial charge in [-0.1, -0.05) is 31.4 Å². The van der Waals surface area contributed by atoms with Crippen molar-refractivity contribution < 1.29 is 14.6 Å². The number of carboxylic acids is 1. The second-order valence-electron chi connectivity index (χ2n) is 4.00. The van der Waals surface area contributed by atoms with Gasteiger partial charge in [-0.25, -0.2) is 0 Å². The maximum Gasteiger partial charge on any atom is 0.315 e. The predicted octanol–water partition coefficient (Wildman–Crippen LogP) is 3.00. The summed E-state index contributed by atoms with van der Waals surface area (Å²) in [6.45, 7) is 7.45. The van der Waals surface area contributed by atoms with Crippen LogP contribution in [-0.4, -0.2) is 18.2 Å². The van der Waals surface area contributed by atoms with Gasteiger partial charge in [-0.3, -0.25) is 4.79 Å². The predicted molar refractivity (Wildman–Crippen MR) is 70.7 cm³/mol. The normalized spacial score (nSPS) is 17.3. The number of carbonyl (C=O) groups is 1. The second-order valence-corrected chi connectivity index (χ2v) is 4.00. The molecule has 1 aliphatic carbocycles. The van der Waals surface area contributed by atoms with Crippen LogP contribution < -0.4 is 4.74 Å². The first kappa shape index (κ1) is 12.2. The third-order valence-corrected chi connectivity index (χ3v) is 3.15. The molecule has 0 heterocycles. The number of carboxylic acid groups (broad SMARTS) is 1. The Hall–Kier alpha value is -2.29. The van der Waals surface area contributed by atoms with Gasteiger partial charge in [0, 0.05) is 0 Å². The van der Waals surface area contributed by atoms with E-state index in [0.29, 0.717) is 11.3 Å². The molecule has 0 fully saturated rings. The van der Waals surface area contributed by atoms with Crippen LogP contribution in [0.2, 0.25) is 0 Å². The summed E-state index contributed by atoms with van der Waals surface area (Å²) in [4.78, 5) is 11.4. The fraction of sp³-hybridized carbons (Fsp3) is 0.133. The molecule has 3 nitrogen and oxygen atoms in total. The number of ether oxygens (including phenoxy) is 1. The third-order valence-electron chi connectivity index (χ3n) is 3.15. The van der Waals surface area contributed by atoms with E-state index in [-0.39, 0.29) is 0 Å². The first-order chi connectivity index (χ1) is 8.63. The zero-order valence-electron chi connectivity index (χ0n) is 10.1. The standard InChI is InChI=1S/C15H14O3/c1-4-10-11(5-2)14(15(16)17)13-8-9(18-3)6-7-12(10)13/h4-8,14H,1-2H2,3H3,(H,16,17). The van der Waals surface area contributed by atoms with Crippen molar-refractivity contribution in [3.8, 4) is 5.75 Å². The number of allylic oxidation sites excluding steroid dienone is 3. The topological polar surface area (TPSA) is 46.5 Å². The molecule has 1 atom stereocenters. The molecule has 0 aromatic heterocycles. The highest BCUT2D eigenvalue weighted by molar-refractivity contribution is 5.96. The second kappa shape index (κ2) is 4.53. The van der Waals surface area contributed by atoms with Crippen molar-refractivity contribution >= 4 is 11.5 Å². The molecule has 18 heavy (non-hydrogen) atoms. The van der Waals surface area contributed by atoms with Crippen LogP contribution in [0.15, 0.2) is 49.1 Å². The Kier molecular flexibility index (Phi) is 3.06. The van der Waals surface area contributed by atoms with Crippen molar-refractivity contribution in [2.75, 3.05) is 7.11 Å². The van der Waals surface area contributed by atoms with Crippen LogP contribution in [0.3, 0.4) is 0 Å². The van der Waals surface area contributed by atoms with Crippen LogP contribution in [0.1, 0.15) is 17.0 Å². The lowest BCUT2D eigenvalue weighted by Crippen LogP contribution is -2.10. The number of fused-ring (bicyclic) bond motifs is 1. The van der Waals surface area contributed by atoms with Gasteiger partial charge in [-0.2, -0.15) is 0 Å². The van der Waals surface area contributed by atoms with Gasteiger partial charge in [0.2, 0.25) is 0 Å². The van der Waals surface area contributed by atoms with E-state index < -0.39 is 11.9 Å². The summed E-state index contributed by atoms with van der Waals surface area (Å²) in [6, 6.07) is 5.43. The van der Waals surface area contributed by atoms with E-state index in [4.69, 9.17) is 4.74 Å². The van der Waals surface area contributed by atoms with Crippen LogP contribution in [0.25, 0.3) is 5.57 Å². The van der Waals surface area contributed by atoms with Gasteiger partial charge in [-0.05, 0) is 34.4 Å². The molecule has 1 aliphatic rings. The fourth-order valence-corrected chi connectivity index (χ4v) is 2.35. The molecule has 0 saturated heterocycles.